The summed E-state index contributed by atoms with van der Waals surface area (Å²) in [6.07, 6.45) is 0. The van der Waals surface area contributed by atoms with Gasteiger partial charge in [-0.3, -0.25) is 13.9 Å². The second-order valence-electron chi connectivity index (χ2n) is 6.82. The van der Waals surface area contributed by atoms with Crippen molar-refractivity contribution in [3.8, 4) is 0 Å². The molecule has 9 heteroatoms. The maximum atomic E-state index is 13.1. The molecule has 0 atom stereocenters. The van der Waals surface area contributed by atoms with Crippen LogP contribution in [0.2, 0.25) is 5.02 Å². The van der Waals surface area contributed by atoms with Crippen LogP contribution >= 0.6 is 11.6 Å². The lowest BCUT2D eigenvalue weighted by atomic mass is 10.2. The molecule has 28 heavy (non-hydrogen) atoms. The Morgan fingerprint density at radius 3 is 2.75 bits per heavy atom. The number of benzene rings is 1. The molecule has 1 aromatic carbocycles. The van der Waals surface area contributed by atoms with Crippen LogP contribution in [0.5, 0.6) is 0 Å². The second kappa shape index (κ2) is 7.10. The SMILES string of the molecule is CCOCCn1c(=O)c2c(nc3n2CCN3c2ccc(C)c(Cl)c2)n(C)c1=O. The van der Waals surface area contributed by atoms with Gasteiger partial charge in [-0.05, 0) is 31.5 Å². The Morgan fingerprint density at radius 1 is 1.25 bits per heavy atom. The summed E-state index contributed by atoms with van der Waals surface area (Å²) in [5.74, 6) is 0.643. The van der Waals surface area contributed by atoms with Gasteiger partial charge < -0.3 is 14.2 Å². The summed E-state index contributed by atoms with van der Waals surface area (Å²) < 4.78 is 9.84. The lowest BCUT2D eigenvalue weighted by Crippen LogP contribution is -2.40. The summed E-state index contributed by atoms with van der Waals surface area (Å²) in [5, 5.41) is 0.678. The van der Waals surface area contributed by atoms with Crippen LogP contribution in [0.15, 0.2) is 27.8 Å². The number of aromatic nitrogens is 4. The lowest BCUT2D eigenvalue weighted by molar-refractivity contribution is 0.137. The zero-order valence-corrected chi connectivity index (χ0v) is 16.9. The topological polar surface area (TPSA) is 74.3 Å². The Morgan fingerprint density at radius 2 is 2.04 bits per heavy atom. The van der Waals surface area contributed by atoms with Crippen LogP contribution in [-0.2, 0) is 24.9 Å². The van der Waals surface area contributed by atoms with Crippen molar-refractivity contribution >= 4 is 34.4 Å². The van der Waals surface area contributed by atoms with Gasteiger partial charge in [0.05, 0.1) is 13.2 Å². The number of aryl methyl sites for hydroxylation is 2. The van der Waals surface area contributed by atoms with E-state index < -0.39 is 0 Å². The van der Waals surface area contributed by atoms with E-state index in [9.17, 15) is 9.59 Å². The van der Waals surface area contributed by atoms with Crippen molar-refractivity contribution in [1.29, 1.82) is 0 Å². The molecule has 0 aliphatic carbocycles. The fourth-order valence-electron chi connectivity index (χ4n) is 3.57. The van der Waals surface area contributed by atoms with Gasteiger partial charge in [0, 0.05) is 37.5 Å². The largest absolute Gasteiger partial charge is 0.380 e. The van der Waals surface area contributed by atoms with Crippen molar-refractivity contribution < 1.29 is 4.74 Å². The van der Waals surface area contributed by atoms with Gasteiger partial charge in [0.25, 0.3) is 5.56 Å². The number of nitrogens with zero attached hydrogens (tertiary/aromatic N) is 5. The minimum Gasteiger partial charge on any atom is -0.380 e. The predicted octanol–water partition coefficient (Wildman–Crippen LogP) is 2.05. The Kier molecular flexibility index (Phi) is 4.76. The third-order valence-electron chi connectivity index (χ3n) is 5.13. The van der Waals surface area contributed by atoms with Gasteiger partial charge in [0.2, 0.25) is 5.95 Å². The van der Waals surface area contributed by atoms with Crippen LogP contribution in [-0.4, -0.2) is 38.4 Å². The average Bonchev–Trinajstić information content (AvgIpc) is 3.24. The zero-order chi connectivity index (χ0) is 20.0. The van der Waals surface area contributed by atoms with E-state index in [1.165, 1.54) is 9.13 Å². The van der Waals surface area contributed by atoms with E-state index in [0.29, 0.717) is 48.4 Å². The van der Waals surface area contributed by atoms with Gasteiger partial charge >= 0.3 is 5.69 Å². The summed E-state index contributed by atoms with van der Waals surface area (Å²) in [6.45, 7) is 6.17. The Balaban J connectivity index is 1.86. The molecule has 0 amide bonds. The van der Waals surface area contributed by atoms with Crippen LogP contribution in [0.3, 0.4) is 0 Å². The molecule has 1 aliphatic heterocycles. The highest BCUT2D eigenvalue weighted by molar-refractivity contribution is 6.31. The highest BCUT2D eigenvalue weighted by atomic mass is 35.5. The molecule has 4 rings (SSSR count). The molecular formula is C19H22ClN5O3. The summed E-state index contributed by atoms with van der Waals surface area (Å²) in [6, 6.07) is 5.83. The van der Waals surface area contributed by atoms with Crippen LogP contribution in [0.4, 0.5) is 11.6 Å². The molecule has 3 aromatic rings. The maximum absolute atomic E-state index is 13.1. The Labute approximate surface area is 166 Å². The van der Waals surface area contributed by atoms with Crippen LogP contribution in [0.1, 0.15) is 12.5 Å². The first-order valence-corrected chi connectivity index (χ1v) is 9.63. The molecule has 0 unspecified atom stereocenters. The van der Waals surface area contributed by atoms with E-state index in [-0.39, 0.29) is 17.8 Å². The fraction of sp³-hybridized carbons (Fsp3) is 0.421. The van der Waals surface area contributed by atoms with Gasteiger partial charge in [0.15, 0.2) is 11.2 Å². The van der Waals surface area contributed by atoms with Crippen LogP contribution < -0.4 is 16.1 Å². The van der Waals surface area contributed by atoms with Crippen molar-refractivity contribution in [2.24, 2.45) is 7.05 Å². The van der Waals surface area contributed by atoms with E-state index >= 15 is 0 Å². The lowest BCUT2D eigenvalue weighted by Gasteiger charge is -2.16. The second-order valence-corrected chi connectivity index (χ2v) is 7.22. The van der Waals surface area contributed by atoms with E-state index in [0.717, 1.165) is 11.3 Å². The number of imidazole rings is 1. The molecule has 0 fully saturated rings. The van der Waals surface area contributed by atoms with Gasteiger partial charge in [0.1, 0.15) is 0 Å². The van der Waals surface area contributed by atoms with Gasteiger partial charge in [-0.25, -0.2) is 4.79 Å². The molecule has 0 saturated carbocycles. The first-order chi connectivity index (χ1) is 13.4. The Hall–Kier alpha value is -2.58. The predicted molar refractivity (Wildman–Crippen MR) is 109 cm³/mol. The molecule has 2 aromatic heterocycles. The number of fused-ring (bicyclic) bond motifs is 3. The van der Waals surface area contributed by atoms with Gasteiger partial charge in [-0.15, -0.1) is 0 Å². The first kappa shape index (κ1) is 18.8. The molecule has 0 radical (unpaired) electrons. The summed E-state index contributed by atoms with van der Waals surface area (Å²) in [7, 11) is 1.64. The molecule has 0 spiro atoms. The van der Waals surface area contributed by atoms with Crippen LogP contribution in [0, 0.1) is 6.92 Å². The molecular weight excluding hydrogens is 382 g/mol. The number of ether oxygens (including phenoxy) is 1. The molecule has 8 nitrogen and oxygen atoms in total. The Bertz CT molecular complexity index is 1180. The maximum Gasteiger partial charge on any atom is 0.332 e. The van der Waals surface area contributed by atoms with Crippen molar-refractivity contribution in [2.75, 3.05) is 24.7 Å². The monoisotopic (exact) mass is 403 g/mol. The average molecular weight is 404 g/mol. The fourth-order valence-corrected chi connectivity index (χ4v) is 3.74. The van der Waals surface area contributed by atoms with E-state index in [1.807, 2.05) is 41.5 Å². The van der Waals surface area contributed by atoms with E-state index in [4.69, 9.17) is 16.3 Å². The van der Waals surface area contributed by atoms with Crippen LogP contribution in [0.25, 0.3) is 11.2 Å². The number of hydrogen-bond acceptors (Lipinski definition) is 5. The first-order valence-electron chi connectivity index (χ1n) is 9.25. The van der Waals surface area contributed by atoms with E-state index in [1.54, 1.807) is 7.05 Å². The zero-order valence-electron chi connectivity index (χ0n) is 16.1. The minimum atomic E-state index is -0.390. The molecule has 0 saturated heterocycles. The normalized spacial score (nSPS) is 13.5. The molecule has 0 bridgehead atoms. The summed E-state index contributed by atoms with van der Waals surface area (Å²) >= 11 is 6.29. The van der Waals surface area contributed by atoms with Crippen molar-refractivity contribution in [2.45, 2.75) is 26.9 Å². The molecule has 3 heterocycles. The molecule has 1 aliphatic rings. The quantitative estimate of drug-likeness (QED) is 0.609. The van der Waals surface area contributed by atoms with E-state index in [2.05, 4.69) is 4.98 Å². The van der Waals surface area contributed by atoms with Gasteiger partial charge in [-0.1, -0.05) is 17.7 Å². The molecule has 148 valence electrons. The standard InChI is InChI=1S/C19H22ClN5O3/c1-4-28-10-9-25-17(26)15-16(22(3)19(25)27)21-18-23(7-8-24(15)18)13-6-5-12(2)14(20)11-13/h5-6,11H,4,7-10H2,1-3H3. The van der Waals surface area contributed by atoms with Crippen molar-refractivity contribution in [3.63, 3.8) is 0 Å². The number of anilines is 2. The number of hydrogen-bond donors (Lipinski definition) is 0. The highest BCUT2D eigenvalue weighted by Gasteiger charge is 2.28. The minimum absolute atomic E-state index is 0.215. The number of halogens is 1. The van der Waals surface area contributed by atoms with Crippen molar-refractivity contribution in [1.82, 2.24) is 18.7 Å². The smallest absolute Gasteiger partial charge is 0.332 e. The van der Waals surface area contributed by atoms with Gasteiger partial charge in [-0.2, -0.15) is 4.98 Å². The third-order valence-corrected chi connectivity index (χ3v) is 5.54. The van der Waals surface area contributed by atoms with Crippen molar-refractivity contribution in [3.05, 3.63) is 49.6 Å². The molecule has 0 N–H and O–H groups in total. The highest BCUT2D eigenvalue weighted by Crippen LogP contribution is 2.33. The summed E-state index contributed by atoms with van der Waals surface area (Å²) in [4.78, 5) is 32.3. The third kappa shape index (κ3) is 2.84. The number of rotatable bonds is 5. The summed E-state index contributed by atoms with van der Waals surface area (Å²) in [5.41, 5.74) is 2.01.